The molecule has 1 aromatic rings. The maximum atomic E-state index is 12.4. The molecule has 92 valence electrons. The Morgan fingerprint density at radius 2 is 2.29 bits per heavy atom. The van der Waals surface area contributed by atoms with Gasteiger partial charge in [-0.05, 0) is 30.5 Å². The van der Waals surface area contributed by atoms with Crippen molar-refractivity contribution in [3.8, 4) is 5.75 Å². The maximum absolute atomic E-state index is 12.4. The second-order valence-corrected chi connectivity index (χ2v) is 5.18. The second kappa shape index (κ2) is 5.19. The van der Waals surface area contributed by atoms with Crippen LogP contribution in [0.15, 0.2) is 22.7 Å². The Kier molecular flexibility index (Phi) is 3.84. The van der Waals surface area contributed by atoms with Gasteiger partial charge in [0.1, 0.15) is 11.9 Å². The summed E-state index contributed by atoms with van der Waals surface area (Å²) in [5.74, 6) is 0.875. The number of hydrogen-bond donors (Lipinski definition) is 0. The molecule has 0 bridgehead atoms. The van der Waals surface area contributed by atoms with Crippen molar-refractivity contribution in [2.24, 2.45) is 5.92 Å². The van der Waals surface area contributed by atoms with Gasteiger partial charge in [0, 0.05) is 11.1 Å². The number of ketones is 1. The fourth-order valence-electron chi connectivity index (χ4n) is 2.06. The van der Waals surface area contributed by atoms with Crippen LogP contribution in [0.5, 0.6) is 5.75 Å². The predicted molar refractivity (Wildman–Crippen MR) is 68.5 cm³/mol. The van der Waals surface area contributed by atoms with Gasteiger partial charge in [-0.3, -0.25) is 4.79 Å². The van der Waals surface area contributed by atoms with Gasteiger partial charge in [0.25, 0.3) is 0 Å². The standard InChI is InChI=1S/C13H15BrO3/c1-8-5-6-17-13(8)12(15)10-7-9(14)3-4-11(10)16-2/h3-4,7-8,13H,5-6H2,1-2H3. The number of rotatable bonds is 3. The fraction of sp³-hybridized carbons (Fsp3) is 0.462. The minimum atomic E-state index is -0.335. The molecule has 1 fully saturated rings. The summed E-state index contributed by atoms with van der Waals surface area (Å²) in [4.78, 5) is 12.4. The zero-order chi connectivity index (χ0) is 12.4. The lowest BCUT2D eigenvalue weighted by Gasteiger charge is -2.15. The number of benzene rings is 1. The highest BCUT2D eigenvalue weighted by Gasteiger charge is 2.32. The molecule has 0 amide bonds. The first-order chi connectivity index (χ1) is 8.13. The van der Waals surface area contributed by atoms with E-state index in [1.165, 1.54) is 0 Å². The Morgan fingerprint density at radius 3 is 2.88 bits per heavy atom. The smallest absolute Gasteiger partial charge is 0.195 e. The van der Waals surface area contributed by atoms with E-state index in [9.17, 15) is 4.79 Å². The number of carbonyl (C=O) groups is 1. The van der Waals surface area contributed by atoms with Crippen molar-refractivity contribution in [3.63, 3.8) is 0 Å². The highest BCUT2D eigenvalue weighted by molar-refractivity contribution is 9.10. The molecule has 0 aliphatic carbocycles. The fourth-order valence-corrected chi connectivity index (χ4v) is 2.42. The summed E-state index contributed by atoms with van der Waals surface area (Å²) in [5, 5.41) is 0. The first-order valence-corrected chi connectivity index (χ1v) is 6.42. The van der Waals surface area contributed by atoms with Crippen LogP contribution in [0.3, 0.4) is 0 Å². The van der Waals surface area contributed by atoms with Crippen molar-refractivity contribution in [2.45, 2.75) is 19.4 Å². The molecule has 1 heterocycles. The van der Waals surface area contributed by atoms with E-state index in [1.54, 1.807) is 19.2 Å². The highest BCUT2D eigenvalue weighted by atomic mass is 79.9. The molecule has 4 heteroatoms. The molecule has 2 rings (SSSR count). The van der Waals surface area contributed by atoms with Crippen LogP contribution in [0.1, 0.15) is 23.7 Å². The average Bonchev–Trinajstić information content (AvgIpc) is 2.74. The van der Waals surface area contributed by atoms with Crippen LogP contribution in [-0.4, -0.2) is 25.6 Å². The van der Waals surface area contributed by atoms with Gasteiger partial charge >= 0.3 is 0 Å². The van der Waals surface area contributed by atoms with Crippen LogP contribution in [-0.2, 0) is 4.74 Å². The molecule has 1 aliphatic rings. The van der Waals surface area contributed by atoms with Gasteiger partial charge in [0.2, 0.25) is 0 Å². The van der Waals surface area contributed by atoms with Crippen molar-refractivity contribution in [3.05, 3.63) is 28.2 Å². The maximum Gasteiger partial charge on any atom is 0.195 e. The SMILES string of the molecule is COc1ccc(Br)cc1C(=O)C1OCCC1C. The van der Waals surface area contributed by atoms with E-state index in [0.29, 0.717) is 17.9 Å². The number of carbonyl (C=O) groups excluding carboxylic acids is 1. The quantitative estimate of drug-likeness (QED) is 0.805. The molecule has 2 unspecified atom stereocenters. The molecular formula is C13H15BrO3. The van der Waals surface area contributed by atoms with Gasteiger partial charge in [0.15, 0.2) is 5.78 Å². The van der Waals surface area contributed by atoms with Crippen molar-refractivity contribution in [2.75, 3.05) is 13.7 Å². The van der Waals surface area contributed by atoms with Crippen molar-refractivity contribution in [1.82, 2.24) is 0 Å². The minimum absolute atomic E-state index is 0.00755. The first kappa shape index (κ1) is 12.6. The third kappa shape index (κ3) is 2.53. The minimum Gasteiger partial charge on any atom is -0.496 e. The van der Waals surface area contributed by atoms with Gasteiger partial charge in [-0.15, -0.1) is 0 Å². The summed E-state index contributed by atoms with van der Waals surface area (Å²) in [6, 6.07) is 5.43. The lowest BCUT2D eigenvalue weighted by Crippen LogP contribution is -2.25. The van der Waals surface area contributed by atoms with Gasteiger partial charge < -0.3 is 9.47 Å². The van der Waals surface area contributed by atoms with E-state index >= 15 is 0 Å². The van der Waals surface area contributed by atoms with E-state index in [2.05, 4.69) is 15.9 Å². The molecule has 1 aromatic carbocycles. The summed E-state index contributed by atoms with van der Waals surface area (Å²) in [6.45, 7) is 2.70. The van der Waals surface area contributed by atoms with Crippen molar-refractivity contribution < 1.29 is 14.3 Å². The summed E-state index contributed by atoms with van der Waals surface area (Å²) < 4.78 is 11.6. The Labute approximate surface area is 109 Å². The summed E-state index contributed by atoms with van der Waals surface area (Å²) in [7, 11) is 1.57. The molecule has 0 saturated carbocycles. The molecule has 0 N–H and O–H groups in total. The van der Waals surface area contributed by atoms with Crippen LogP contribution < -0.4 is 4.74 Å². The summed E-state index contributed by atoms with van der Waals surface area (Å²) >= 11 is 3.37. The molecule has 1 aliphatic heterocycles. The molecule has 0 radical (unpaired) electrons. The van der Waals surface area contributed by atoms with Crippen LogP contribution in [0, 0.1) is 5.92 Å². The van der Waals surface area contributed by atoms with E-state index in [-0.39, 0.29) is 17.8 Å². The number of hydrogen-bond acceptors (Lipinski definition) is 3. The van der Waals surface area contributed by atoms with Crippen molar-refractivity contribution in [1.29, 1.82) is 0 Å². The average molecular weight is 299 g/mol. The number of halogens is 1. The molecule has 3 nitrogen and oxygen atoms in total. The van der Waals surface area contributed by atoms with Gasteiger partial charge in [-0.25, -0.2) is 0 Å². The Morgan fingerprint density at radius 1 is 1.53 bits per heavy atom. The third-order valence-electron chi connectivity index (χ3n) is 3.07. The number of Topliss-reactive ketones (excluding diaryl/α,β-unsaturated/α-hetero) is 1. The number of methoxy groups -OCH3 is 1. The second-order valence-electron chi connectivity index (χ2n) is 4.27. The largest absolute Gasteiger partial charge is 0.496 e. The van der Waals surface area contributed by atoms with Crippen LogP contribution in [0.4, 0.5) is 0 Å². The summed E-state index contributed by atoms with van der Waals surface area (Å²) in [6.07, 6.45) is 0.602. The third-order valence-corrected chi connectivity index (χ3v) is 3.57. The Balaban J connectivity index is 2.32. The molecule has 2 atom stereocenters. The topological polar surface area (TPSA) is 35.5 Å². The first-order valence-electron chi connectivity index (χ1n) is 5.63. The Bertz CT molecular complexity index is 431. The lowest BCUT2D eigenvalue weighted by atomic mass is 9.96. The monoisotopic (exact) mass is 298 g/mol. The van der Waals surface area contributed by atoms with Gasteiger partial charge in [-0.1, -0.05) is 22.9 Å². The summed E-state index contributed by atoms with van der Waals surface area (Å²) in [5.41, 5.74) is 0.584. The van der Waals surface area contributed by atoms with E-state index in [0.717, 1.165) is 10.9 Å². The van der Waals surface area contributed by atoms with Crippen LogP contribution in [0.25, 0.3) is 0 Å². The normalized spacial score (nSPS) is 23.7. The van der Waals surface area contributed by atoms with E-state index in [4.69, 9.17) is 9.47 Å². The van der Waals surface area contributed by atoms with Crippen molar-refractivity contribution >= 4 is 21.7 Å². The van der Waals surface area contributed by atoms with Gasteiger partial charge in [-0.2, -0.15) is 0 Å². The zero-order valence-corrected chi connectivity index (χ0v) is 11.5. The zero-order valence-electron chi connectivity index (χ0n) is 9.90. The van der Waals surface area contributed by atoms with E-state index < -0.39 is 0 Å². The number of ether oxygens (including phenoxy) is 2. The van der Waals surface area contributed by atoms with Crippen LogP contribution >= 0.6 is 15.9 Å². The Hall–Kier alpha value is -0.870. The molecule has 1 saturated heterocycles. The molecule has 0 spiro atoms. The highest BCUT2D eigenvalue weighted by Crippen LogP contribution is 2.29. The molecule has 0 aromatic heterocycles. The molecular weight excluding hydrogens is 284 g/mol. The van der Waals surface area contributed by atoms with Gasteiger partial charge in [0.05, 0.1) is 12.7 Å². The van der Waals surface area contributed by atoms with Crippen LogP contribution in [0.2, 0.25) is 0 Å². The predicted octanol–water partition coefficient (Wildman–Crippen LogP) is 3.07. The molecule has 17 heavy (non-hydrogen) atoms. The lowest BCUT2D eigenvalue weighted by molar-refractivity contribution is 0.0576. The van der Waals surface area contributed by atoms with E-state index in [1.807, 2.05) is 13.0 Å².